The second-order valence-electron chi connectivity index (χ2n) is 5.31. The number of hydrogen-bond acceptors (Lipinski definition) is 1. The number of benzene rings is 3. The van der Waals surface area contributed by atoms with E-state index in [4.69, 9.17) is 0 Å². The zero-order valence-electron chi connectivity index (χ0n) is 12.1. The lowest BCUT2D eigenvalue weighted by Crippen LogP contribution is -1.98. The van der Waals surface area contributed by atoms with Crippen molar-refractivity contribution in [2.45, 2.75) is 13.8 Å². The maximum Gasteiger partial charge on any atom is 0.335 e. The Bertz CT molecular complexity index is 847. The van der Waals surface area contributed by atoms with Gasteiger partial charge < -0.3 is 5.11 Å². The van der Waals surface area contributed by atoms with Crippen molar-refractivity contribution in [1.82, 2.24) is 0 Å². The van der Waals surface area contributed by atoms with Crippen LogP contribution in [0.1, 0.15) is 21.5 Å². The van der Waals surface area contributed by atoms with Gasteiger partial charge in [0, 0.05) is 0 Å². The third-order valence-corrected chi connectivity index (χ3v) is 3.89. The second-order valence-corrected chi connectivity index (χ2v) is 5.31. The van der Waals surface area contributed by atoms with Crippen LogP contribution in [-0.4, -0.2) is 11.1 Å². The summed E-state index contributed by atoms with van der Waals surface area (Å²) < 4.78 is 0. The van der Waals surface area contributed by atoms with Crippen molar-refractivity contribution < 1.29 is 9.90 Å². The zero-order valence-corrected chi connectivity index (χ0v) is 12.1. The molecule has 2 nitrogen and oxygen atoms in total. The number of aromatic carboxylic acids is 1. The smallest absolute Gasteiger partial charge is 0.335 e. The largest absolute Gasteiger partial charge is 0.478 e. The maximum absolute atomic E-state index is 11.2. The average Bonchev–Trinajstić information content (AvgIpc) is 2.48. The lowest BCUT2D eigenvalue weighted by molar-refractivity contribution is 0.0697. The summed E-state index contributed by atoms with van der Waals surface area (Å²) in [5.74, 6) is -0.894. The fraction of sp³-hybridized carbons (Fsp3) is 0.105. The SMILES string of the molecule is Cc1ccc(C(=O)O)cc1-c1c(C)ccc2ccccc12. The number of hydrogen-bond donors (Lipinski definition) is 1. The van der Waals surface area contributed by atoms with Crippen LogP contribution in [0.25, 0.3) is 21.9 Å². The molecule has 0 heterocycles. The molecule has 3 rings (SSSR count). The second kappa shape index (κ2) is 5.06. The fourth-order valence-corrected chi connectivity index (χ4v) is 2.76. The number of carboxylic acid groups (broad SMARTS) is 1. The Morgan fingerprint density at radius 2 is 1.62 bits per heavy atom. The van der Waals surface area contributed by atoms with Gasteiger partial charge >= 0.3 is 5.97 Å². The van der Waals surface area contributed by atoms with Crippen LogP contribution < -0.4 is 0 Å². The van der Waals surface area contributed by atoms with E-state index < -0.39 is 5.97 Å². The molecule has 0 radical (unpaired) electrons. The van der Waals surface area contributed by atoms with E-state index in [1.807, 2.05) is 25.1 Å². The van der Waals surface area contributed by atoms with E-state index in [-0.39, 0.29) is 0 Å². The van der Waals surface area contributed by atoms with Crippen LogP contribution in [0.5, 0.6) is 0 Å². The first kappa shape index (κ1) is 13.4. The number of carbonyl (C=O) groups is 1. The van der Waals surface area contributed by atoms with Gasteiger partial charge in [-0.25, -0.2) is 4.79 Å². The van der Waals surface area contributed by atoms with Gasteiger partial charge in [-0.1, -0.05) is 42.5 Å². The molecule has 0 aliphatic rings. The Morgan fingerprint density at radius 3 is 2.38 bits per heavy atom. The lowest BCUT2D eigenvalue weighted by Gasteiger charge is -2.14. The molecule has 0 atom stereocenters. The van der Waals surface area contributed by atoms with Crippen LogP contribution in [0.3, 0.4) is 0 Å². The number of fused-ring (bicyclic) bond motifs is 1. The highest BCUT2D eigenvalue weighted by atomic mass is 16.4. The predicted molar refractivity (Wildman–Crippen MR) is 85.8 cm³/mol. The Morgan fingerprint density at radius 1 is 0.905 bits per heavy atom. The van der Waals surface area contributed by atoms with Crippen LogP contribution in [0.15, 0.2) is 54.6 Å². The van der Waals surface area contributed by atoms with Crippen LogP contribution in [0.2, 0.25) is 0 Å². The summed E-state index contributed by atoms with van der Waals surface area (Å²) in [6.45, 7) is 4.08. The lowest BCUT2D eigenvalue weighted by atomic mass is 9.90. The quantitative estimate of drug-likeness (QED) is 0.728. The molecule has 0 bridgehead atoms. The topological polar surface area (TPSA) is 37.3 Å². The van der Waals surface area contributed by atoms with Gasteiger partial charge in [0.1, 0.15) is 0 Å². The minimum atomic E-state index is -0.894. The molecule has 2 heteroatoms. The van der Waals surface area contributed by atoms with Gasteiger partial charge in [0.15, 0.2) is 0 Å². The van der Waals surface area contributed by atoms with Gasteiger partial charge in [-0.2, -0.15) is 0 Å². The van der Waals surface area contributed by atoms with E-state index in [2.05, 4.69) is 31.2 Å². The molecular weight excluding hydrogens is 260 g/mol. The molecule has 104 valence electrons. The molecule has 0 saturated carbocycles. The van der Waals surface area contributed by atoms with Crippen LogP contribution in [0, 0.1) is 13.8 Å². The average molecular weight is 276 g/mol. The molecule has 0 amide bonds. The summed E-state index contributed by atoms with van der Waals surface area (Å²) in [7, 11) is 0. The molecule has 0 saturated heterocycles. The third-order valence-electron chi connectivity index (χ3n) is 3.89. The Balaban J connectivity index is 2.37. The van der Waals surface area contributed by atoms with E-state index in [0.717, 1.165) is 27.6 Å². The van der Waals surface area contributed by atoms with Crippen molar-refractivity contribution in [2.75, 3.05) is 0 Å². The minimum absolute atomic E-state index is 0.322. The van der Waals surface area contributed by atoms with Crippen molar-refractivity contribution in [3.05, 3.63) is 71.3 Å². The van der Waals surface area contributed by atoms with Crippen LogP contribution >= 0.6 is 0 Å². The molecule has 0 aliphatic heterocycles. The van der Waals surface area contributed by atoms with Gasteiger partial charge in [0.25, 0.3) is 0 Å². The number of aryl methyl sites for hydroxylation is 2. The molecule has 0 fully saturated rings. The van der Waals surface area contributed by atoms with E-state index in [9.17, 15) is 9.90 Å². The molecule has 21 heavy (non-hydrogen) atoms. The minimum Gasteiger partial charge on any atom is -0.478 e. The summed E-state index contributed by atoms with van der Waals surface area (Å²) in [6, 6.07) is 17.7. The predicted octanol–water partition coefficient (Wildman–Crippen LogP) is 4.82. The van der Waals surface area contributed by atoms with Crippen LogP contribution in [0.4, 0.5) is 0 Å². The van der Waals surface area contributed by atoms with Gasteiger partial charge in [-0.15, -0.1) is 0 Å². The Labute approximate surface area is 123 Å². The normalized spacial score (nSPS) is 10.8. The molecule has 3 aromatic rings. The summed E-state index contributed by atoms with van der Waals surface area (Å²) in [5, 5.41) is 11.6. The summed E-state index contributed by atoms with van der Waals surface area (Å²) in [6.07, 6.45) is 0. The molecule has 0 unspecified atom stereocenters. The molecule has 1 N–H and O–H groups in total. The Kier molecular flexibility index (Phi) is 3.22. The highest BCUT2D eigenvalue weighted by molar-refractivity contribution is 6.00. The fourth-order valence-electron chi connectivity index (χ4n) is 2.76. The monoisotopic (exact) mass is 276 g/mol. The highest BCUT2D eigenvalue weighted by Gasteiger charge is 2.12. The Hall–Kier alpha value is -2.61. The molecule has 0 aromatic heterocycles. The molecule has 0 spiro atoms. The van der Waals surface area contributed by atoms with Crippen LogP contribution in [-0.2, 0) is 0 Å². The zero-order chi connectivity index (χ0) is 15.0. The van der Waals surface area contributed by atoms with E-state index in [0.29, 0.717) is 5.56 Å². The summed E-state index contributed by atoms with van der Waals surface area (Å²) >= 11 is 0. The van der Waals surface area contributed by atoms with Crippen molar-refractivity contribution in [3.63, 3.8) is 0 Å². The van der Waals surface area contributed by atoms with Crippen molar-refractivity contribution in [1.29, 1.82) is 0 Å². The number of rotatable bonds is 2. The highest BCUT2D eigenvalue weighted by Crippen LogP contribution is 2.34. The van der Waals surface area contributed by atoms with Gasteiger partial charge in [0.05, 0.1) is 5.56 Å². The van der Waals surface area contributed by atoms with Gasteiger partial charge in [-0.05, 0) is 59.0 Å². The van der Waals surface area contributed by atoms with Crippen molar-refractivity contribution in [3.8, 4) is 11.1 Å². The van der Waals surface area contributed by atoms with Gasteiger partial charge in [0.2, 0.25) is 0 Å². The summed E-state index contributed by atoms with van der Waals surface area (Å²) in [5.41, 5.74) is 4.67. The molecular formula is C19H16O2. The van der Waals surface area contributed by atoms with E-state index >= 15 is 0 Å². The maximum atomic E-state index is 11.2. The van der Waals surface area contributed by atoms with E-state index in [1.54, 1.807) is 12.1 Å². The number of carboxylic acids is 1. The molecule has 3 aromatic carbocycles. The first-order valence-corrected chi connectivity index (χ1v) is 6.90. The first-order chi connectivity index (χ1) is 10.1. The van der Waals surface area contributed by atoms with E-state index in [1.165, 1.54) is 5.39 Å². The third kappa shape index (κ3) is 2.29. The molecule has 0 aliphatic carbocycles. The van der Waals surface area contributed by atoms with Gasteiger partial charge in [-0.3, -0.25) is 0 Å². The first-order valence-electron chi connectivity index (χ1n) is 6.90. The van der Waals surface area contributed by atoms with Crippen molar-refractivity contribution in [2.24, 2.45) is 0 Å². The van der Waals surface area contributed by atoms with Crippen molar-refractivity contribution >= 4 is 16.7 Å². The standard InChI is InChI=1S/C19H16O2/c1-12-7-10-15(19(20)21)11-17(12)18-13(2)8-9-14-5-3-4-6-16(14)18/h3-11H,1-2H3,(H,20,21). The summed E-state index contributed by atoms with van der Waals surface area (Å²) in [4.78, 5) is 11.2.